The Morgan fingerprint density at radius 3 is 2.82 bits per heavy atom. The summed E-state index contributed by atoms with van der Waals surface area (Å²) in [5, 5.41) is 6.13. The van der Waals surface area contributed by atoms with E-state index in [1.807, 2.05) is 19.4 Å². The molecule has 0 saturated carbocycles. The molecule has 0 amide bonds. The topological polar surface area (TPSA) is 50.7 Å². The van der Waals surface area contributed by atoms with Crippen LogP contribution in [0.25, 0.3) is 0 Å². The Hall–Kier alpha value is -1.14. The second kappa shape index (κ2) is 5.46. The molecular formula is C11H14N4S2. The zero-order valence-corrected chi connectivity index (χ0v) is 11.7. The highest BCUT2D eigenvalue weighted by atomic mass is 32.2. The van der Waals surface area contributed by atoms with Crippen molar-refractivity contribution in [2.45, 2.75) is 29.6 Å². The molecule has 6 heteroatoms. The van der Waals surface area contributed by atoms with Crippen molar-refractivity contribution in [3.05, 3.63) is 23.0 Å². The lowest BCUT2D eigenvalue weighted by molar-refractivity contribution is 0.945. The number of aromatic nitrogens is 3. The first-order valence-corrected chi connectivity index (χ1v) is 7.05. The fourth-order valence-corrected chi connectivity index (χ4v) is 3.39. The van der Waals surface area contributed by atoms with E-state index in [0.717, 1.165) is 32.9 Å². The van der Waals surface area contributed by atoms with Crippen LogP contribution in [0.1, 0.15) is 18.2 Å². The lowest BCUT2D eigenvalue weighted by Gasteiger charge is -2.09. The lowest BCUT2D eigenvalue weighted by atomic mass is 10.2. The van der Waals surface area contributed by atoms with Crippen molar-refractivity contribution < 1.29 is 0 Å². The predicted molar refractivity (Wildman–Crippen MR) is 71.9 cm³/mol. The summed E-state index contributed by atoms with van der Waals surface area (Å²) in [7, 11) is 1.88. The number of hydrogen-bond acceptors (Lipinski definition) is 6. The van der Waals surface area contributed by atoms with E-state index >= 15 is 0 Å². The Bertz CT molecular complexity index is 510. The van der Waals surface area contributed by atoms with Crippen LogP contribution in [0, 0.1) is 6.92 Å². The summed E-state index contributed by atoms with van der Waals surface area (Å²) < 4.78 is 1.03. The van der Waals surface area contributed by atoms with Gasteiger partial charge in [-0.3, -0.25) is 0 Å². The van der Waals surface area contributed by atoms with Gasteiger partial charge in [-0.05, 0) is 25.1 Å². The zero-order chi connectivity index (χ0) is 12.3. The van der Waals surface area contributed by atoms with Crippen LogP contribution in [0.15, 0.2) is 21.1 Å². The predicted octanol–water partition coefficient (Wildman–Crippen LogP) is 3.00. The van der Waals surface area contributed by atoms with Gasteiger partial charge >= 0.3 is 0 Å². The first-order valence-electron chi connectivity index (χ1n) is 5.36. The molecule has 0 fully saturated rings. The Morgan fingerprint density at radius 2 is 2.24 bits per heavy atom. The van der Waals surface area contributed by atoms with E-state index in [1.54, 1.807) is 29.4 Å². The third-order valence-corrected chi connectivity index (χ3v) is 4.38. The normalized spacial score (nSPS) is 10.5. The third-order valence-electron chi connectivity index (χ3n) is 2.28. The second-order valence-corrected chi connectivity index (χ2v) is 5.56. The van der Waals surface area contributed by atoms with Crippen LogP contribution >= 0.6 is 23.1 Å². The number of nitrogens with one attached hydrogen (secondary N) is 1. The highest BCUT2D eigenvalue weighted by molar-refractivity contribution is 8.01. The summed E-state index contributed by atoms with van der Waals surface area (Å²) in [5.74, 6) is 0.901. The van der Waals surface area contributed by atoms with Crippen LogP contribution in [0.4, 0.5) is 5.82 Å². The van der Waals surface area contributed by atoms with Gasteiger partial charge in [-0.1, -0.05) is 6.92 Å². The second-order valence-electron chi connectivity index (χ2n) is 3.47. The van der Waals surface area contributed by atoms with E-state index < -0.39 is 0 Å². The Labute approximate surface area is 109 Å². The molecular weight excluding hydrogens is 252 g/mol. The molecule has 0 radical (unpaired) electrons. The molecule has 0 bridgehead atoms. The quantitative estimate of drug-likeness (QED) is 0.862. The van der Waals surface area contributed by atoms with Gasteiger partial charge in [0.05, 0.1) is 0 Å². The molecule has 0 aliphatic heterocycles. The average Bonchev–Trinajstić information content (AvgIpc) is 2.74. The van der Waals surface area contributed by atoms with E-state index in [0.29, 0.717) is 0 Å². The van der Waals surface area contributed by atoms with E-state index in [1.165, 1.54) is 0 Å². The first-order chi connectivity index (χ1) is 8.24. The van der Waals surface area contributed by atoms with E-state index in [2.05, 4.69) is 27.2 Å². The van der Waals surface area contributed by atoms with Gasteiger partial charge in [0.15, 0.2) is 4.34 Å². The minimum atomic E-state index is 0.901. The maximum absolute atomic E-state index is 4.44. The highest BCUT2D eigenvalue weighted by Crippen LogP contribution is 2.33. The van der Waals surface area contributed by atoms with Crippen molar-refractivity contribution >= 4 is 28.9 Å². The summed E-state index contributed by atoms with van der Waals surface area (Å²) in [6.07, 6.45) is 2.50. The van der Waals surface area contributed by atoms with Crippen molar-refractivity contribution in [2.24, 2.45) is 0 Å². The molecule has 2 rings (SSSR count). The van der Waals surface area contributed by atoms with E-state index in [-0.39, 0.29) is 0 Å². The zero-order valence-electron chi connectivity index (χ0n) is 10.0. The van der Waals surface area contributed by atoms with Crippen LogP contribution in [0.3, 0.4) is 0 Å². The number of hydrogen-bond donors (Lipinski definition) is 1. The molecule has 1 N–H and O–H groups in total. The summed E-state index contributed by atoms with van der Waals surface area (Å²) in [5.41, 5.74) is 2.20. The monoisotopic (exact) mass is 266 g/mol. The number of nitrogens with zero attached hydrogens (tertiary/aromatic N) is 3. The van der Waals surface area contributed by atoms with Crippen molar-refractivity contribution in [3.63, 3.8) is 0 Å². The highest BCUT2D eigenvalue weighted by Gasteiger charge is 2.11. The van der Waals surface area contributed by atoms with Gasteiger partial charge in [-0.2, -0.15) is 0 Å². The minimum Gasteiger partial charge on any atom is -0.373 e. The molecule has 0 saturated heterocycles. The average molecular weight is 266 g/mol. The Balaban J connectivity index is 2.32. The maximum Gasteiger partial charge on any atom is 0.156 e. The molecule has 90 valence electrons. The summed E-state index contributed by atoms with van der Waals surface area (Å²) in [6.45, 7) is 4.11. The maximum atomic E-state index is 4.44. The lowest BCUT2D eigenvalue weighted by Crippen LogP contribution is -2.01. The molecule has 2 aromatic rings. The van der Waals surface area contributed by atoms with Gasteiger partial charge in [-0.25, -0.2) is 15.0 Å². The minimum absolute atomic E-state index is 0.901. The smallest absolute Gasteiger partial charge is 0.156 e. The van der Waals surface area contributed by atoms with Gasteiger partial charge in [0.1, 0.15) is 17.2 Å². The number of thiazole rings is 1. The first kappa shape index (κ1) is 12.3. The molecule has 0 unspecified atom stereocenters. The molecule has 2 aromatic heterocycles. The summed E-state index contributed by atoms with van der Waals surface area (Å²) in [4.78, 5) is 13.0. The molecule has 2 heterocycles. The van der Waals surface area contributed by atoms with Gasteiger partial charge in [0, 0.05) is 23.7 Å². The van der Waals surface area contributed by atoms with Crippen LogP contribution < -0.4 is 5.32 Å². The van der Waals surface area contributed by atoms with Crippen LogP contribution in [0.2, 0.25) is 0 Å². The molecule has 0 aliphatic rings. The molecule has 0 aliphatic carbocycles. The molecule has 4 nitrogen and oxygen atoms in total. The fourth-order valence-electron chi connectivity index (χ4n) is 1.48. The molecule has 0 spiro atoms. The summed E-state index contributed by atoms with van der Waals surface area (Å²) >= 11 is 3.25. The van der Waals surface area contributed by atoms with Gasteiger partial charge in [0.2, 0.25) is 0 Å². The van der Waals surface area contributed by atoms with E-state index in [9.17, 15) is 0 Å². The number of anilines is 1. The van der Waals surface area contributed by atoms with Crippen molar-refractivity contribution in [3.8, 4) is 0 Å². The number of aryl methyl sites for hydroxylation is 1. The number of rotatable bonds is 4. The SMILES string of the molecule is CCc1c(NC)ncnc1Sc1nc(C)cs1. The Morgan fingerprint density at radius 1 is 1.41 bits per heavy atom. The van der Waals surface area contributed by atoms with Gasteiger partial charge < -0.3 is 5.32 Å². The molecule has 0 atom stereocenters. The van der Waals surface area contributed by atoms with Crippen molar-refractivity contribution in [1.82, 2.24) is 15.0 Å². The summed E-state index contributed by atoms with van der Waals surface area (Å²) in [6, 6.07) is 0. The van der Waals surface area contributed by atoms with E-state index in [4.69, 9.17) is 0 Å². The van der Waals surface area contributed by atoms with Crippen LogP contribution in [-0.4, -0.2) is 22.0 Å². The molecule has 17 heavy (non-hydrogen) atoms. The molecule has 0 aromatic carbocycles. The van der Waals surface area contributed by atoms with Crippen molar-refractivity contribution in [2.75, 3.05) is 12.4 Å². The largest absolute Gasteiger partial charge is 0.373 e. The van der Waals surface area contributed by atoms with Crippen LogP contribution in [0.5, 0.6) is 0 Å². The van der Waals surface area contributed by atoms with Crippen molar-refractivity contribution in [1.29, 1.82) is 0 Å². The fraction of sp³-hybridized carbons (Fsp3) is 0.364. The van der Waals surface area contributed by atoms with Gasteiger partial charge in [-0.15, -0.1) is 11.3 Å². The third kappa shape index (κ3) is 2.76. The van der Waals surface area contributed by atoms with Gasteiger partial charge in [0.25, 0.3) is 0 Å². The van der Waals surface area contributed by atoms with Crippen LogP contribution in [-0.2, 0) is 6.42 Å². The Kier molecular flexibility index (Phi) is 3.96. The standard InChI is InChI=1S/C11H14N4S2/c1-4-8-9(12-3)13-6-14-10(8)17-11-15-7(2)5-16-11/h5-6H,4H2,1-3H3,(H,12,13,14).